The molecular formula is C15H21ClN2O3S. The summed E-state index contributed by atoms with van der Waals surface area (Å²) in [5.74, 6) is -0.143. The van der Waals surface area contributed by atoms with Crippen molar-refractivity contribution in [3.63, 3.8) is 0 Å². The van der Waals surface area contributed by atoms with Gasteiger partial charge in [-0.3, -0.25) is 4.79 Å². The van der Waals surface area contributed by atoms with Crippen LogP contribution in [0.1, 0.15) is 12.0 Å². The molecule has 0 aromatic heterocycles. The van der Waals surface area contributed by atoms with Gasteiger partial charge in [-0.2, -0.15) is 0 Å². The zero-order chi connectivity index (χ0) is 16.8. The summed E-state index contributed by atoms with van der Waals surface area (Å²) in [6, 6.07) is 7.31. The van der Waals surface area contributed by atoms with Gasteiger partial charge in [0.25, 0.3) is 0 Å². The van der Waals surface area contributed by atoms with E-state index in [-0.39, 0.29) is 18.9 Å². The summed E-state index contributed by atoms with van der Waals surface area (Å²) in [5.41, 5.74) is 0.843. The number of nitrogens with zero attached hydrogens (tertiary/aromatic N) is 2. The topological polar surface area (TPSA) is 57.7 Å². The van der Waals surface area contributed by atoms with E-state index in [1.54, 1.807) is 17.0 Å². The smallest absolute Gasteiger partial charge is 0.224 e. The Balaban J connectivity index is 2.72. The molecule has 1 aromatic carbocycles. The largest absolute Gasteiger partial charge is 0.335 e. The molecule has 5 nitrogen and oxygen atoms in total. The van der Waals surface area contributed by atoms with E-state index in [4.69, 9.17) is 11.6 Å². The number of benzene rings is 1. The van der Waals surface area contributed by atoms with Crippen molar-refractivity contribution in [2.24, 2.45) is 0 Å². The Morgan fingerprint density at radius 3 is 2.55 bits per heavy atom. The molecule has 0 saturated carbocycles. The van der Waals surface area contributed by atoms with Crippen molar-refractivity contribution in [1.29, 1.82) is 0 Å². The first-order chi connectivity index (χ1) is 10.3. The highest BCUT2D eigenvalue weighted by Crippen LogP contribution is 2.17. The summed E-state index contributed by atoms with van der Waals surface area (Å²) in [4.78, 5) is 13.9. The molecule has 0 aliphatic carbocycles. The minimum atomic E-state index is -3.28. The minimum Gasteiger partial charge on any atom is -0.335 e. The summed E-state index contributed by atoms with van der Waals surface area (Å²) < 4.78 is 23.8. The normalized spacial score (nSPS) is 11.5. The molecule has 1 rings (SSSR count). The third kappa shape index (κ3) is 5.79. The van der Waals surface area contributed by atoms with Crippen LogP contribution >= 0.6 is 11.6 Å². The van der Waals surface area contributed by atoms with Crippen LogP contribution in [0.4, 0.5) is 0 Å². The molecule has 0 aliphatic heterocycles. The highest BCUT2D eigenvalue weighted by atomic mass is 35.5. The first-order valence-electron chi connectivity index (χ1n) is 6.79. The van der Waals surface area contributed by atoms with Gasteiger partial charge < -0.3 is 4.90 Å². The molecule has 122 valence electrons. The van der Waals surface area contributed by atoms with Crippen molar-refractivity contribution in [3.8, 4) is 0 Å². The summed E-state index contributed by atoms with van der Waals surface area (Å²) in [5, 5.41) is 0.595. The molecule has 0 spiro atoms. The van der Waals surface area contributed by atoms with Gasteiger partial charge in [-0.05, 0) is 11.6 Å². The lowest BCUT2D eigenvalue weighted by Crippen LogP contribution is -2.35. The lowest BCUT2D eigenvalue weighted by Gasteiger charge is -2.23. The maximum absolute atomic E-state index is 12.3. The second kappa shape index (κ2) is 8.31. The van der Waals surface area contributed by atoms with Crippen molar-refractivity contribution in [3.05, 3.63) is 47.5 Å². The Hall–Kier alpha value is -1.37. The number of rotatable bonds is 8. The summed E-state index contributed by atoms with van der Waals surface area (Å²) >= 11 is 6.11. The number of sulfonamides is 1. The maximum atomic E-state index is 12.3. The van der Waals surface area contributed by atoms with E-state index in [1.165, 1.54) is 7.05 Å². The van der Waals surface area contributed by atoms with E-state index in [9.17, 15) is 13.2 Å². The molecule has 1 amide bonds. The van der Waals surface area contributed by atoms with Gasteiger partial charge in [0.1, 0.15) is 0 Å². The van der Waals surface area contributed by atoms with Crippen LogP contribution < -0.4 is 0 Å². The van der Waals surface area contributed by atoms with Crippen LogP contribution in [0.15, 0.2) is 36.9 Å². The van der Waals surface area contributed by atoms with Crippen LogP contribution in [-0.2, 0) is 21.4 Å². The van der Waals surface area contributed by atoms with Gasteiger partial charge in [0.05, 0.1) is 6.26 Å². The van der Waals surface area contributed by atoms with Gasteiger partial charge in [-0.25, -0.2) is 12.7 Å². The molecule has 22 heavy (non-hydrogen) atoms. The van der Waals surface area contributed by atoms with E-state index in [2.05, 4.69) is 6.58 Å². The zero-order valence-electron chi connectivity index (χ0n) is 12.8. The third-order valence-electron chi connectivity index (χ3n) is 3.23. The highest BCUT2D eigenvalue weighted by Gasteiger charge is 2.17. The Kier molecular flexibility index (Phi) is 7.06. The average Bonchev–Trinajstić information content (AvgIpc) is 2.45. The molecule has 0 aliphatic rings. The second-order valence-corrected chi connectivity index (χ2v) is 7.49. The fourth-order valence-corrected chi connectivity index (χ4v) is 2.44. The minimum absolute atomic E-state index is 0.113. The first-order valence-corrected chi connectivity index (χ1v) is 9.01. The van der Waals surface area contributed by atoms with Crippen LogP contribution in [0, 0.1) is 0 Å². The summed E-state index contributed by atoms with van der Waals surface area (Å²) in [7, 11) is -1.83. The summed E-state index contributed by atoms with van der Waals surface area (Å²) in [6.45, 7) is 4.54. The molecule has 0 saturated heterocycles. The van der Waals surface area contributed by atoms with Crippen molar-refractivity contribution >= 4 is 27.5 Å². The molecule has 0 N–H and O–H groups in total. The fourth-order valence-electron chi connectivity index (χ4n) is 1.82. The zero-order valence-corrected chi connectivity index (χ0v) is 14.4. The van der Waals surface area contributed by atoms with E-state index in [0.717, 1.165) is 16.1 Å². The molecule has 0 fully saturated rings. The summed E-state index contributed by atoms with van der Waals surface area (Å²) in [6.07, 6.45) is 2.86. The Labute approximate surface area is 137 Å². The Morgan fingerprint density at radius 2 is 2.00 bits per heavy atom. The van der Waals surface area contributed by atoms with Crippen molar-refractivity contribution in [1.82, 2.24) is 9.21 Å². The molecule has 1 aromatic rings. The Morgan fingerprint density at radius 1 is 1.36 bits per heavy atom. The van der Waals surface area contributed by atoms with Gasteiger partial charge >= 0.3 is 0 Å². The molecule has 0 radical (unpaired) electrons. The maximum Gasteiger partial charge on any atom is 0.224 e. The van der Waals surface area contributed by atoms with Gasteiger partial charge in [0, 0.05) is 38.1 Å². The lowest BCUT2D eigenvalue weighted by molar-refractivity contribution is -0.131. The standard InChI is InChI=1S/C15H21ClN2O3S/c1-4-10-18(12-13-7-5-6-8-14(13)16)15(19)9-11-17(2)22(3,20)21/h4-8H,1,9-12H2,2-3H3. The lowest BCUT2D eigenvalue weighted by atomic mass is 10.2. The van der Waals surface area contributed by atoms with Crippen LogP contribution in [0.25, 0.3) is 0 Å². The number of carbonyl (C=O) groups excluding carboxylic acids is 1. The number of carbonyl (C=O) groups is 1. The van der Waals surface area contributed by atoms with Crippen LogP contribution in [-0.4, -0.2) is 49.9 Å². The second-order valence-electron chi connectivity index (χ2n) is 4.99. The molecule has 0 heterocycles. The predicted octanol–water partition coefficient (Wildman–Crippen LogP) is 2.14. The first kappa shape index (κ1) is 18.7. The Bertz CT molecular complexity index is 631. The predicted molar refractivity (Wildman–Crippen MR) is 89.2 cm³/mol. The van der Waals surface area contributed by atoms with Gasteiger partial charge in [0.15, 0.2) is 0 Å². The molecule has 0 unspecified atom stereocenters. The molecule has 0 atom stereocenters. The molecule has 0 bridgehead atoms. The van der Waals surface area contributed by atoms with Crippen molar-refractivity contribution < 1.29 is 13.2 Å². The quantitative estimate of drug-likeness (QED) is 0.679. The third-order valence-corrected chi connectivity index (χ3v) is 4.91. The fraction of sp³-hybridized carbons (Fsp3) is 0.400. The van der Waals surface area contributed by atoms with Crippen molar-refractivity contribution in [2.75, 3.05) is 26.4 Å². The van der Waals surface area contributed by atoms with Gasteiger partial charge in [-0.1, -0.05) is 35.9 Å². The number of hydrogen-bond acceptors (Lipinski definition) is 3. The number of hydrogen-bond donors (Lipinski definition) is 0. The van der Waals surface area contributed by atoms with E-state index >= 15 is 0 Å². The number of amides is 1. The van der Waals surface area contributed by atoms with Crippen LogP contribution in [0.2, 0.25) is 5.02 Å². The van der Waals surface area contributed by atoms with Crippen molar-refractivity contribution in [2.45, 2.75) is 13.0 Å². The van der Waals surface area contributed by atoms with Gasteiger partial charge in [-0.15, -0.1) is 6.58 Å². The van der Waals surface area contributed by atoms with Crippen LogP contribution in [0.5, 0.6) is 0 Å². The van der Waals surface area contributed by atoms with Gasteiger partial charge in [0.2, 0.25) is 15.9 Å². The molecule has 7 heteroatoms. The number of halogens is 1. The van der Waals surface area contributed by atoms with E-state index < -0.39 is 10.0 Å². The van der Waals surface area contributed by atoms with E-state index in [0.29, 0.717) is 18.1 Å². The monoisotopic (exact) mass is 344 g/mol. The van der Waals surface area contributed by atoms with Crippen LogP contribution in [0.3, 0.4) is 0 Å². The molecular weight excluding hydrogens is 324 g/mol. The SMILES string of the molecule is C=CCN(Cc1ccccc1Cl)C(=O)CCN(C)S(C)(=O)=O. The highest BCUT2D eigenvalue weighted by molar-refractivity contribution is 7.88. The van der Waals surface area contributed by atoms with E-state index in [1.807, 2.05) is 18.2 Å². The average molecular weight is 345 g/mol.